The number of benzene rings is 1. The Morgan fingerprint density at radius 1 is 1.07 bits per heavy atom. The van der Waals surface area contributed by atoms with Crippen LogP contribution in [0.3, 0.4) is 0 Å². The average Bonchev–Trinajstić information content (AvgIpc) is 3.27. The van der Waals surface area contributed by atoms with Crippen molar-refractivity contribution in [2.75, 3.05) is 18.0 Å². The fourth-order valence-corrected chi connectivity index (χ4v) is 4.65. The van der Waals surface area contributed by atoms with Gasteiger partial charge in [-0.2, -0.15) is 0 Å². The molecular formula is C22H21N5S. The van der Waals surface area contributed by atoms with Crippen LogP contribution >= 0.6 is 11.3 Å². The van der Waals surface area contributed by atoms with Gasteiger partial charge in [0.2, 0.25) is 10.1 Å². The molecule has 6 heteroatoms. The molecule has 0 amide bonds. The number of hydrogen-bond donors (Lipinski definition) is 0. The van der Waals surface area contributed by atoms with Crippen molar-refractivity contribution in [3.05, 3.63) is 71.7 Å². The van der Waals surface area contributed by atoms with Crippen LogP contribution in [0.25, 0.3) is 21.8 Å². The number of pyridine rings is 1. The van der Waals surface area contributed by atoms with Gasteiger partial charge in [-0.3, -0.25) is 4.98 Å². The Bertz CT molecular complexity index is 1120. The van der Waals surface area contributed by atoms with E-state index in [2.05, 4.69) is 48.0 Å². The molecule has 5 nitrogen and oxygen atoms in total. The second kappa shape index (κ2) is 6.87. The normalized spacial score (nSPS) is 14.5. The van der Waals surface area contributed by atoms with Gasteiger partial charge in [-0.15, -0.1) is 5.10 Å². The largest absolute Gasteiger partial charge is 0.343 e. The third kappa shape index (κ3) is 3.20. The van der Waals surface area contributed by atoms with Crippen molar-refractivity contribution in [3.8, 4) is 11.3 Å². The molecule has 0 atom stereocenters. The summed E-state index contributed by atoms with van der Waals surface area (Å²) in [6, 6.07) is 10.7. The lowest BCUT2D eigenvalue weighted by molar-refractivity contribution is 0.807. The van der Waals surface area contributed by atoms with Crippen LogP contribution in [-0.4, -0.2) is 32.7 Å². The Morgan fingerprint density at radius 2 is 1.93 bits per heavy atom. The topological polar surface area (TPSA) is 46.3 Å². The van der Waals surface area contributed by atoms with Crippen LogP contribution in [0.1, 0.15) is 23.1 Å². The van der Waals surface area contributed by atoms with Crippen LogP contribution in [-0.2, 0) is 0 Å². The molecule has 0 saturated carbocycles. The fraction of sp³-hybridized carbons (Fsp3) is 0.227. The van der Waals surface area contributed by atoms with Gasteiger partial charge in [-0.1, -0.05) is 46.7 Å². The number of anilines is 1. The lowest BCUT2D eigenvalue weighted by Gasteiger charge is -2.26. The van der Waals surface area contributed by atoms with E-state index in [4.69, 9.17) is 10.1 Å². The number of rotatable bonds is 3. The van der Waals surface area contributed by atoms with Gasteiger partial charge in [-0.05, 0) is 43.5 Å². The number of fused-ring (bicyclic) bond motifs is 1. The predicted molar refractivity (Wildman–Crippen MR) is 115 cm³/mol. The molecule has 0 bridgehead atoms. The van der Waals surface area contributed by atoms with E-state index in [1.807, 2.05) is 29.0 Å². The molecule has 1 aliphatic rings. The molecule has 0 radical (unpaired) electrons. The fourth-order valence-electron chi connectivity index (χ4n) is 3.74. The quantitative estimate of drug-likeness (QED) is 0.508. The van der Waals surface area contributed by atoms with Gasteiger partial charge in [0.15, 0.2) is 0 Å². The minimum atomic E-state index is 0.883. The third-order valence-corrected chi connectivity index (χ3v) is 6.05. The van der Waals surface area contributed by atoms with Crippen molar-refractivity contribution in [2.24, 2.45) is 0 Å². The number of imidazole rings is 1. The zero-order valence-corrected chi connectivity index (χ0v) is 16.8. The highest BCUT2D eigenvalue weighted by atomic mass is 32.1. The number of hydrogen-bond acceptors (Lipinski definition) is 5. The minimum Gasteiger partial charge on any atom is -0.343 e. The summed E-state index contributed by atoms with van der Waals surface area (Å²) in [4.78, 5) is 12.1. The smallest absolute Gasteiger partial charge is 0.214 e. The highest BCUT2D eigenvalue weighted by Crippen LogP contribution is 2.30. The molecule has 4 heterocycles. The Kier molecular flexibility index (Phi) is 4.20. The Morgan fingerprint density at radius 3 is 2.61 bits per heavy atom. The Hall–Kier alpha value is -2.99. The first-order chi connectivity index (χ1) is 13.7. The van der Waals surface area contributed by atoms with E-state index in [0.29, 0.717) is 0 Å². The lowest BCUT2D eigenvalue weighted by atomic mass is 9.96. The first-order valence-electron chi connectivity index (χ1n) is 9.45. The van der Waals surface area contributed by atoms with Crippen molar-refractivity contribution >= 4 is 27.0 Å². The molecule has 0 aliphatic carbocycles. The summed E-state index contributed by atoms with van der Waals surface area (Å²) in [6.45, 7) is 6.19. The summed E-state index contributed by atoms with van der Waals surface area (Å²) in [5, 5.41) is 5.78. The summed E-state index contributed by atoms with van der Waals surface area (Å²) in [6.07, 6.45) is 8.95. The van der Waals surface area contributed by atoms with Crippen LogP contribution in [0.15, 0.2) is 55.0 Å². The van der Waals surface area contributed by atoms with Crippen molar-refractivity contribution in [1.82, 2.24) is 19.6 Å². The number of nitrogens with zero attached hydrogens (tertiary/aromatic N) is 5. The minimum absolute atomic E-state index is 0.883. The molecule has 0 unspecified atom stereocenters. The number of aromatic nitrogens is 4. The summed E-state index contributed by atoms with van der Waals surface area (Å²) in [5.41, 5.74) is 7.36. The molecule has 3 aromatic heterocycles. The van der Waals surface area contributed by atoms with Gasteiger partial charge in [-0.25, -0.2) is 9.50 Å². The van der Waals surface area contributed by atoms with E-state index in [9.17, 15) is 0 Å². The van der Waals surface area contributed by atoms with Crippen molar-refractivity contribution in [2.45, 2.75) is 20.3 Å². The Labute approximate surface area is 168 Å². The van der Waals surface area contributed by atoms with E-state index in [-0.39, 0.29) is 0 Å². The molecule has 1 aliphatic heterocycles. The first kappa shape index (κ1) is 17.1. The first-order valence-corrected chi connectivity index (χ1v) is 10.3. The van der Waals surface area contributed by atoms with E-state index in [0.717, 1.165) is 40.9 Å². The second-order valence-corrected chi connectivity index (χ2v) is 8.22. The molecule has 28 heavy (non-hydrogen) atoms. The molecule has 0 N–H and O–H groups in total. The molecule has 1 aromatic carbocycles. The van der Waals surface area contributed by atoms with Crippen LogP contribution in [0.4, 0.5) is 5.13 Å². The number of aryl methyl sites for hydroxylation is 2. The predicted octanol–water partition coefficient (Wildman–Crippen LogP) is 4.76. The van der Waals surface area contributed by atoms with Gasteiger partial charge in [0.25, 0.3) is 0 Å². The molecule has 5 rings (SSSR count). The maximum atomic E-state index is 4.76. The third-order valence-electron chi connectivity index (χ3n) is 5.06. The summed E-state index contributed by atoms with van der Waals surface area (Å²) < 4.78 is 1.88. The molecule has 0 fully saturated rings. The zero-order valence-electron chi connectivity index (χ0n) is 16.0. The standard InChI is InChI=1S/C22H21N5S/c1-15-10-16(2)12-19(11-15)17-5-8-26(9-6-17)22-25-27-14-20(24-21(27)28-22)18-4-3-7-23-13-18/h3-5,7,10-14H,6,8-9H2,1-2H3. The maximum Gasteiger partial charge on any atom is 0.214 e. The Balaban J connectivity index is 1.36. The van der Waals surface area contributed by atoms with Crippen LogP contribution in [0, 0.1) is 13.8 Å². The molecule has 140 valence electrons. The van der Waals surface area contributed by atoms with Crippen molar-refractivity contribution < 1.29 is 0 Å². The lowest BCUT2D eigenvalue weighted by Crippen LogP contribution is -2.28. The second-order valence-electron chi connectivity index (χ2n) is 7.28. The summed E-state index contributed by atoms with van der Waals surface area (Å²) >= 11 is 1.64. The van der Waals surface area contributed by atoms with Gasteiger partial charge in [0, 0.05) is 31.0 Å². The molecule has 0 saturated heterocycles. The van der Waals surface area contributed by atoms with Crippen LogP contribution < -0.4 is 4.90 Å². The van der Waals surface area contributed by atoms with Crippen molar-refractivity contribution in [1.29, 1.82) is 0 Å². The summed E-state index contributed by atoms with van der Waals surface area (Å²) in [7, 11) is 0. The van der Waals surface area contributed by atoms with E-state index < -0.39 is 0 Å². The van der Waals surface area contributed by atoms with E-state index in [1.54, 1.807) is 17.5 Å². The maximum absolute atomic E-state index is 4.76. The molecular weight excluding hydrogens is 366 g/mol. The summed E-state index contributed by atoms with van der Waals surface area (Å²) in [5.74, 6) is 0. The van der Waals surface area contributed by atoms with Crippen LogP contribution in [0.5, 0.6) is 0 Å². The SMILES string of the molecule is Cc1cc(C)cc(C2=CCN(c3nn4cc(-c5cccnc5)nc4s3)CC2)c1. The van der Waals surface area contributed by atoms with Gasteiger partial charge >= 0.3 is 0 Å². The van der Waals surface area contributed by atoms with Gasteiger partial charge < -0.3 is 4.90 Å². The average molecular weight is 388 g/mol. The molecule has 4 aromatic rings. The van der Waals surface area contributed by atoms with E-state index >= 15 is 0 Å². The monoisotopic (exact) mass is 387 g/mol. The van der Waals surface area contributed by atoms with Gasteiger partial charge in [0.1, 0.15) is 0 Å². The zero-order chi connectivity index (χ0) is 19.1. The van der Waals surface area contributed by atoms with Crippen LogP contribution in [0.2, 0.25) is 0 Å². The highest BCUT2D eigenvalue weighted by molar-refractivity contribution is 7.20. The highest BCUT2D eigenvalue weighted by Gasteiger charge is 2.18. The molecule has 0 spiro atoms. The van der Waals surface area contributed by atoms with Crippen molar-refractivity contribution in [3.63, 3.8) is 0 Å². The van der Waals surface area contributed by atoms with Gasteiger partial charge in [0.05, 0.1) is 11.9 Å². The van der Waals surface area contributed by atoms with E-state index in [1.165, 1.54) is 22.3 Å².